The standard InChI is InChI=1S/C16H31NO4/c1-3-5-7-13(4-2)12-21-9-6-8-17-11-14(16(19)20)10-15(17)18/h13-15,18H,3-12H2,1-2H3,(H,19,20). The molecule has 5 heteroatoms. The van der Waals surface area contributed by atoms with Crippen LogP contribution >= 0.6 is 0 Å². The molecule has 1 rings (SSSR count). The molecule has 0 aromatic heterocycles. The molecule has 0 spiro atoms. The summed E-state index contributed by atoms with van der Waals surface area (Å²) in [5.74, 6) is -0.590. The summed E-state index contributed by atoms with van der Waals surface area (Å²) >= 11 is 0. The number of hydrogen-bond acceptors (Lipinski definition) is 4. The van der Waals surface area contributed by atoms with Crippen molar-refractivity contribution in [1.29, 1.82) is 0 Å². The molecule has 1 aliphatic heterocycles. The summed E-state index contributed by atoms with van der Waals surface area (Å²) in [6.07, 6.45) is 5.45. The Morgan fingerprint density at radius 1 is 1.38 bits per heavy atom. The molecular formula is C16H31NO4. The number of nitrogens with zero attached hydrogens (tertiary/aromatic N) is 1. The van der Waals surface area contributed by atoms with Crippen LogP contribution < -0.4 is 0 Å². The van der Waals surface area contributed by atoms with E-state index in [9.17, 15) is 9.90 Å². The number of ether oxygens (including phenoxy) is 1. The Kier molecular flexibility index (Phi) is 8.88. The van der Waals surface area contributed by atoms with Gasteiger partial charge in [0.15, 0.2) is 0 Å². The third-order valence-electron chi connectivity index (χ3n) is 4.35. The van der Waals surface area contributed by atoms with Gasteiger partial charge in [-0.25, -0.2) is 0 Å². The number of aliphatic carboxylic acids is 1. The van der Waals surface area contributed by atoms with Crippen molar-refractivity contribution >= 4 is 5.97 Å². The van der Waals surface area contributed by atoms with Crippen LogP contribution in [-0.2, 0) is 9.53 Å². The fourth-order valence-electron chi connectivity index (χ4n) is 2.82. The summed E-state index contributed by atoms with van der Waals surface area (Å²) < 4.78 is 5.73. The predicted molar refractivity (Wildman–Crippen MR) is 82.1 cm³/mol. The van der Waals surface area contributed by atoms with E-state index in [1.807, 2.05) is 4.90 Å². The molecule has 0 bridgehead atoms. The van der Waals surface area contributed by atoms with Gasteiger partial charge in [0.1, 0.15) is 6.23 Å². The van der Waals surface area contributed by atoms with E-state index in [1.165, 1.54) is 19.3 Å². The van der Waals surface area contributed by atoms with Crippen LogP contribution in [0, 0.1) is 11.8 Å². The quantitative estimate of drug-likeness (QED) is 0.573. The van der Waals surface area contributed by atoms with E-state index in [1.54, 1.807) is 0 Å². The van der Waals surface area contributed by atoms with Crippen molar-refractivity contribution in [2.24, 2.45) is 11.8 Å². The van der Waals surface area contributed by atoms with E-state index in [2.05, 4.69) is 13.8 Å². The maximum absolute atomic E-state index is 10.9. The molecule has 0 amide bonds. The first kappa shape index (κ1) is 18.4. The molecule has 0 radical (unpaired) electrons. The van der Waals surface area contributed by atoms with Crippen molar-refractivity contribution in [2.45, 2.75) is 58.6 Å². The van der Waals surface area contributed by atoms with Crippen molar-refractivity contribution in [3.63, 3.8) is 0 Å². The Bertz CT molecular complexity index is 298. The van der Waals surface area contributed by atoms with E-state index >= 15 is 0 Å². The number of carboxylic acid groups (broad SMARTS) is 1. The molecule has 3 atom stereocenters. The molecular weight excluding hydrogens is 270 g/mol. The van der Waals surface area contributed by atoms with Crippen LogP contribution in [-0.4, -0.2) is 53.6 Å². The number of rotatable bonds is 11. The normalized spacial score (nSPS) is 24.3. The SMILES string of the molecule is CCCCC(CC)COCCCN1CC(C(=O)O)CC1O. The van der Waals surface area contributed by atoms with E-state index in [0.717, 1.165) is 19.4 Å². The lowest BCUT2D eigenvalue weighted by molar-refractivity contribution is -0.141. The third kappa shape index (κ3) is 6.76. The molecule has 2 N–H and O–H groups in total. The Labute approximate surface area is 128 Å². The molecule has 0 aromatic carbocycles. The zero-order chi connectivity index (χ0) is 15.7. The Morgan fingerprint density at radius 2 is 2.14 bits per heavy atom. The van der Waals surface area contributed by atoms with Gasteiger partial charge in [0.2, 0.25) is 0 Å². The number of aliphatic hydroxyl groups is 1. The number of hydrogen-bond donors (Lipinski definition) is 2. The zero-order valence-electron chi connectivity index (χ0n) is 13.5. The van der Waals surface area contributed by atoms with Crippen LogP contribution in [0.4, 0.5) is 0 Å². The topological polar surface area (TPSA) is 70.0 Å². The second-order valence-electron chi connectivity index (χ2n) is 6.09. The maximum atomic E-state index is 10.9. The van der Waals surface area contributed by atoms with Gasteiger partial charge in [0.05, 0.1) is 5.92 Å². The van der Waals surface area contributed by atoms with Crippen LogP contribution in [0.2, 0.25) is 0 Å². The molecule has 3 unspecified atom stereocenters. The van der Waals surface area contributed by atoms with Gasteiger partial charge in [-0.1, -0.05) is 33.1 Å². The number of likely N-dealkylation sites (tertiary alicyclic amines) is 1. The van der Waals surface area contributed by atoms with Gasteiger partial charge in [-0.2, -0.15) is 0 Å². The van der Waals surface area contributed by atoms with E-state index in [-0.39, 0.29) is 0 Å². The van der Waals surface area contributed by atoms with E-state index < -0.39 is 18.1 Å². The average molecular weight is 301 g/mol. The highest BCUT2D eigenvalue weighted by Gasteiger charge is 2.34. The fraction of sp³-hybridized carbons (Fsp3) is 0.938. The third-order valence-corrected chi connectivity index (χ3v) is 4.35. The molecule has 124 valence electrons. The Hall–Kier alpha value is -0.650. The number of carboxylic acids is 1. The Morgan fingerprint density at radius 3 is 2.71 bits per heavy atom. The van der Waals surface area contributed by atoms with Crippen LogP contribution in [0.1, 0.15) is 52.4 Å². The first-order valence-corrected chi connectivity index (χ1v) is 8.31. The van der Waals surface area contributed by atoms with Crippen molar-refractivity contribution in [3.05, 3.63) is 0 Å². The summed E-state index contributed by atoms with van der Waals surface area (Å²) in [7, 11) is 0. The molecule has 1 fully saturated rings. The monoisotopic (exact) mass is 301 g/mol. The lowest BCUT2D eigenvalue weighted by Crippen LogP contribution is -2.31. The minimum Gasteiger partial charge on any atom is -0.481 e. The number of unbranched alkanes of at least 4 members (excludes halogenated alkanes) is 1. The smallest absolute Gasteiger partial charge is 0.307 e. The van der Waals surface area contributed by atoms with Crippen molar-refractivity contribution in [3.8, 4) is 0 Å². The van der Waals surface area contributed by atoms with Crippen LogP contribution in [0.3, 0.4) is 0 Å². The molecule has 0 aliphatic carbocycles. The van der Waals surface area contributed by atoms with Gasteiger partial charge in [0.25, 0.3) is 0 Å². The zero-order valence-corrected chi connectivity index (χ0v) is 13.5. The van der Waals surface area contributed by atoms with Crippen LogP contribution in [0.15, 0.2) is 0 Å². The van der Waals surface area contributed by atoms with Gasteiger partial charge in [-0.15, -0.1) is 0 Å². The summed E-state index contributed by atoms with van der Waals surface area (Å²) in [5.41, 5.74) is 0. The lowest BCUT2D eigenvalue weighted by atomic mass is 10.0. The van der Waals surface area contributed by atoms with Crippen LogP contribution in [0.5, 0.6) is 0 Å². The van der Waals surface area contributed by atoms with Gasteiger partial charge in [-0.05, 0) is 18.8 Å². The molecule has 0 saturated carbocycles. The second kappa shape index (κ2) is 10.1. The van der Waals surface area contributed by atoms with Crippen molar-refractivity contribution < 1.29 is 19.7 Å². The average Bonchev–Trinajstić information content (AvgIpc) is 2.83. The van der Waals surface area contributed by atoms with Crippen molar-refractivity contribution in [1.82, 2.24) is 4.90 Å². The molecule has 21 heavy (non-hydrogen) atoms. The maximum Gasteiger partial charge on any atom is 0.307 e. The largest absolute Gasteiger partial charge is 0.481 e. The first-order valence-electron chi connectivity index (χ1n) is 8.31. The first-order chi connectivity index (χ1) is 10.1. The van der Waals surface area contributed by atoms with Gasteiger partial charge >= 0.3 is 5.97 Å². The van der Waals surface area contributed by atoms with Gasteiger partial charge in [0, 0.05) is 32.7 Å². The summed E-state index contributed by atoms with van der Waals surface area (Å²) in [6.45, 7) is 7.07. The highest BCUT2D eigenvalue weighted by molar-refractivity contribution is 5.70. The predicted octanol–water partition coefficient (Wildman–Crippen LogP) is 2.33. The molecule has 1 heterocycles. The van der Waals surface area contributed by atoms with E-state index in [4.69, 9.17) is 9.84 Å². The summed E-state index contributed by atoms with van der Waals surface area (Å²) in [6, 6.07) is 0. The van der Waals surface area contributed by atoms with Crippen molar-refractivity contribution in [2.75, 3.05) is 26.3 Å². The summed E-state index contributed by atoms with van der Waals surface area (Å²) in [4.78, 5) is 12.7. The molecule has 1 saturated heterocycles. The fourth-order valence-corrected chi connectivity index (χ4v) is 2.82. The van der Waals surface area contributed by atoms with E-state index in [0.29, 0.717) is 32.0 Å². The second-order valence-corrected chi connectivity index (χ2v) is 6.09. The number of aliphatic hydroxyl groups excluding tert-OH is 1. The summed E-state index contributed by atoms with van der Waals surface area (Å²) in [5, 5.41) is 18.8. The number of carbonyl (C=O) groups is 1. The minimum atomic E-state index is -0.811. The molecule has 1 aliphatic rings. The van der Waals surface area contributed by atoms with Gasteiger partial charge in [-0.3, -0.25) is 9.69 Å². The minimum absolute atomic E-state index is 0.338. The van der Waals surface area contributed by atoms with Crippen LogP contribution in [0.25, 0.3) is 0 Å². The van der Waals surface area contributed by atoms with Gasteiger partial charge < -0.3 is 14.9 Å². The molecule has 0 aromatic rings. The Balaban J connectivity index is 2.10. The highest BCUT2D eigenvalue weighted by Crippen LogP contribution is 2.21. The lowest BCUT2D eigenvalue weighted by Gasteiger charge is -2.20. The highest BCUT2D eigenvalue weighted by atomic mass is 16.5. The molecule has 5 nitrogen and oxygen atoms in total.